The third-order valence-electron chi connectivity index (χ3n) is 4.22. The van der Waals surface area contributed by atoms with Gasteiger partial charge < -0.3 is 5.32 Å². The number of rotatable bonds is 4. The van der Waals surface area contributed by atoms with E-state index < -0.39 is 0 Å². The highest BCUT2D eigenvalue weighted by Crippen LogP contribution is 2.39. The topological polar surface area (TPSA) is 72.7 Å². The maximum Gasteiger partial charge on any atom is 0.227 e. The fourth-order valence-electron chi connectivity index (χ4n) is 2.61. The first-order valence-corrected chi connectivity index (χ1v) is 7.41. The van der Waals surface area contributed by atoms with Crippen molar-refractivity contribution in [1.29, 1.82) is 0 Å². The number of aromatic nitrogens is 4. The van der Waals surface area contributed by atoms with E-state index in [9.17, 15) is 4.79 Å². The predicted octanol–water partition coefficient (Wildman–Crippen LogP) is 2.27. The van der Waals surface area contributed by atoms with E-state index in [2.05, 4.69) is 27.8 Å². The van der Waals surface area contributed by atoms with Crippen LogP contribution in [0.15, 0.2) is 24.3 Å². The van der Waals surface area contributed by atoms with Crippen molar-refractivity contribution >= 4 is 11.6 Å². The molecule has 2 atom stereocenters. The molecule has 1 aromatic heterocycles. The van der Waals surface area contributed by atoms with Gasteiger partial charge in [0.05, 0.1) is 6.04 Å². The maximum absolute atomic E-state index is 12.0. The van der Waals surface area contributed by atoms with Crippen molar-refractivity contribution in [3.05, 3.63) is 24.3 Å². The molecule has 1 heterocycles. The van der Waals surface area contributed by atoms with Gasteiger partial charge in [-0.15, -0.1) is 5.10 Å². The molecule has 0 unspecified atom stereocenters. The summed E-state index contributed by atoms with van der Waals surface area (Å²) in [6, 6.07) is 8.17. The number of carbonyl (C=O) groups excluding carboxylic acids is 1. The number of anilines is 1. The SMILES string of the molecule is C[C@H]1C[C@@H]1C(=O)Nc1cccc(-c2nnnn2C2CC2)c1. The van der Waals surface area contributed by atoms with Crippen molar-refractivity contribution in [3.63, 3.8) is 0 Å². The normalized spacial score (nSPS) is 23.9. The number of carbonyl (C=O) groups is 1. The lowest BCUT2D eigenvalue weighted by molar-refractivity contribution is -0.117. The van der Waals surface area contributed by atoms with Crippen LogP contribution in [0.5, 0.6) is 0 Å². The standard InChI is InChI=1S/C15H17N5O/c1-9-7-13(9)15(21)16-11-4-2-3-10(8-11)14-17-18-19-20(14)12-5-6-12/h2-4,8-9,12-13H,5-7H2,1H3,(H,16,21)/t9-,13-/m0/s1. The first kappa shape index (κ1) is 12.5. The van der Waals surface area contributed by atoms with Crippen molar-refractivity contribution < 1.29 is 4.79 Å². The monoisotopic (exact) mass is 283 g/mol. The predicted molar refractivity (Wildman–Crippen MR) is 77.4 cm³/mol. The molecular formula is C15H17N5O. The second-order valence-corrected chi connectivity index (χ2v) is 6.07. The van der Waals surface area contributed by atoms with Crippen LogP contribution in [-0.4, -0.2) is 26.1 Å². The van der Waals surface area contributed by atoms with Gasteiger partial charge in [0.25, 0.3) is 0 Å². The van der Waals surface area contributed by atoms with Gasteiger partial charge in [0.2, 0.25) is 5.91 Å². The Hall–Kier alpha value is -2.24. The van der Waals surface area contributed by atoms with Crippen LogP contribution >= 0.6 is 0 Å². The molecule has 4 rings (SSSR count). The molecule has 0 radical (unpaired) electrons. The van der Waals surface area contributed by atoms with E-state index >= 15 is 0 Å². The van der Waals surface area contributed by atoms with Crippen molar-refractivity contribution in [1.82, 2.24) is 20.2 Å². The van der Waals surface area contributed by atoms with Crippen molar-refractivity contribution in [2.45, 2.75) is 32.2 Å². The summed E-state index contributed by atoms with van der Waals surface area (Å²) in [6.45, 7) is 2.10. The van der Waals surface area contributed by atoms with Crippen LogP contribution < -0.4 is 5.32 Å². The summed E-state index contributed by atoms with van der Waals surface area (Å²) in [5, 5.41) is 14.9. The van der Waals surface area contributed by atoms with E-state index in [1.165, 1.54) is 0 Å². The lowest BCUT2D eigenvalue weighted by Crippen LogP contribution is -2.14. The van der Waals surface area contributed by atoms with Gasteiger partial charge in [-0.3, -0.25) is 4.79 Å². The van der Waals surface area contributed by atoms with Crippen molar-refractivity contribution in [2.75, 3.05) is 5.32 Å². The first-order valence-electron chi connectivity index (χ1n) is 7.41. The number of nitrogens with zero attached hydrogens (tertiary/aromatic N) is 4. The van der Waals surface area contributed by atoms with Crippen LogP contribution in [0.2, 0.25) is 0 Å². The molecule has 21 heavy (non-hydrogen) atoms. The van der Waals surface area contributed by atoms with Crippen LogP contribution in [0.1, 0.15) is 32.2 Å². The number of amides is 1. The molecule has 0 aliphatic heterocycles. The molecular weight excluding hydrogens is 266 g/mol. The summed E-state index contributed by atoms with van der Waals surface area (Å²) in [4.78, 5) is 12.0. The molecule has 0 saturated heterocycles. The molecule has 2 aliphatic carbocycles. The molecule has 1 N–H and O–H groups in total. The van der Waals surface area contributed by atoms with Crippen LogP contribution in [-0.2, 0) is 4.79 Å². The molecule has 2 saturated carbocycles. The van der Waals surface area contributed by atoms with Gasteiger partial charge in [0, 0.05) is 17.2 Å². The fraction of sp³-hybridized carbons (Fsp3) is 0.467. The minimum atomic E-state index is 0.112. The second-order valence-electron chi connectivity index (χ2n) is 6.07. The lowest BCUT2D eigenvalue weighted by atomic mass is 10.2. The average molecular weight is 283 g/mol. The van der Waals surface area contributed by atoms with Gasteiger partial charge in [-0.2, -0.15) is 0 Å². The van der Waals surface area contributed by atoms with E-state index in [-0.39, 0.29) is 11.8 Å². The molecule has 0 spiro atoms. The Morgan fingerprint density at radius 1 is 1.38 bits per heavy atom. The quantitative estimate of drug-likeness (QED) is 0.934. The summed E-state index contributed by atoms with van der Waals surface area (Å²) in [5.74, 6) is 1.57. The Kier molecular flexibility index (Phi) is 2.77. The summed E-state index contributed by atoms with van der Waals surface area (Å²) in [5.41, 5.74) is 1.75. The van der Waals surface area contributed by atoms with Gasteiger partial charge in [-0.25, -0.2) is 4.68 Å². The first-order chi connectivity index (χ1) is 10.2. The van der Waals surface area contributed by atoms with Gasteiger partial charge in [0.15, 0.2) is 5.82 Å². The fourth-order valence-corrected chi connectivity index (χ4v) is 2.61. The number of benzene rings is 1. The summed E-state index contributed by atoms with van der Waals surface area (Å²) in [6.07, 6.45) is 3.26. The van der Waals surface area contributed by atoms with Gasteiger partial charge in [-0.1, -0.05) is 19.1 Å². The summed E-state index contributed by atoms with van der Waals surface area (Å²) < 4.78 is 1.88. The number of hydrogen-bond donors (Lipinski definition) is 1. The Morgan fingerprint density at radius 2 is 2.19 bits per heavy atom. The zero-order valence-electron chi connectivity index (χ0n) is 11.9. The summed E-state index contributed by atoms with van der Waals surface area (Å²) in [7, 11) is 0. The molecule has 6 heteroatoms. The number of hydrogen-bond acceptors (Lipinski definition) is 4. The van der Waals surface area contributed by atoms with Gasteiger partial charge in [0.1, 0.15) is 0 Å². The molecule has 2 aliphatic rings. The zero-order valence-corrected chi connectivity index (χ0v) is 11.9. The lowest BCUT2D eigenvalue weighted by Gasteiger charge is -2.07. The molecule has 1 aromatic carbocycles. The smallest absolute Gasteiger partial charge is 0.227 e. The Bertz CT molecular complexity index is 691. The highest BCUT2D eigenvalue weighted by atomic mass is 16.2. The zero-order chi connectivity index (χ0) is 14.4. The average Bonchev–Trinajstić information content (AvgIpc) is 3.39. The highest BCUT2D eigenvalue weighted by molar-refractivity contribution is 5.94. The van der Waals surface area contributed by atoms with Crippen LogP contribution in [0.4, 0.5) is 5.69 Å². The number of nitrogens with one attached hydrogen (secondary N) is 1. The van der Waals surface area contributed by atoms with Gasteiger partial charge >= 0.3 is 0 Å². The molecule has 0 bridgehead atoms. The van der Waals surface area contributed by atoms with E-state index in [0.717, 1.165) is 36.3 Å². The molecule has 6 nitrogen and oxygen atoms in total. The van der Waals surface area contributed by atoms with E-state index in [4.69, 9.17) is 0 Å². The minimum Gasteiger partial charge on any atom is -0.326 e. The molecule has 1 amide bonds. The van der Waals surface area contributed by atoms with Gasteiger partial charge in [-0.05, 0) is 47.7 Å². The Balaban J connectivity index is 1.57. The number of tetrazole rings is 1. The van der Waals surface area contributed by atoms with Crippen LogP contribution in [0.25, 0.3) is 11.4 Å². The van der Waals surface area contributed by atoms with Crippen LogP contribution in [0.3, 0.4) is 0 Å². The van der Waals surface area contributed by atoms with Crippen LogP contribution in [0, 0.1) is 11.8 Å². The second kappa shape index (κ2) is 4.65. The van der Waals surface area contributed by atoms with Crippen molar-refractivity contribution in [2.24, 2.45) is 11.8 Å². The maximum atomic E-state index is 12.0. The largest absolute Gasteiger partial charge is 0.326 e. The van der Waals surface area contributed by atoms with Crippen molar-refractivity contribution in [3.8, 4) is 11.4 Å². The Labute approximate surface area is 122 Å². The molecule has 2 fully saturated rings. The van der Waals surface area contributed by atoms with E-state index in [1.54, 1.807) is 0 Å². The third-order valence-corrected chi connectivity index (χ3v) is 4.22. The molecule has 2 aromatic rings. The third kappa shape index (κ3) is 2.41. The van der Waals surface area contributed by atoms with E-state index in [1.807, 2.05) is 28.9 Å². The minimum absolute atomic E-state index is 0.112. The Morgan fingerprint density at radius 3 is 2.90 bits per heavy atom. The molecule has 108 valence electrons. The van der Waals surface area contributed by atoms with E-state index in [0.29, 0.717) is 12.0 Å². The highest BCUT2D eigenvalue weighted by Gasteiger charge is 2.39. The summed E-state index contributed by atoms with van der Waals surface area (Å²) >= 11 is 0.